The van der Waals surface area contributed by atoms with Crippen LogP contribution in [0.2, 0.25) is 0 Å². The van der Waals surface area contributed by atoms with Gasteiger partial charge in [-0.2, -0.15) is 11.8 Å². The van der Waals surface area contributed by atoms with Gasteiger partial charge in [-0.25, -0.2) is 0 Å². The summed E-state index contributed by atoms with van der Waals surface area (Å²) in [5.74, 6) is 0.202. The summed E-state index contributed by atoms with van der Waals surface area (Å²) in [6, 6.07) is 8.87. The van der Waals surface area contributed by atoms with E-state index < -0.39 is 5.60 Å². The maximum absolute atomic E-state index is 11.8. The Morgan fingerprint density at radius 3 is 2.50 bits per heavy atom. The van der Waals surface area contributed by atoms with E-state index in [0.717, 1.165) is 0 Å². The topological polar surface area (TPSA) is 37.3 Å². The van der Waals surface area contributed by atoms with Gasteiger partial charge in [-0.05, 0) is 13.2 Å². The molecule has 0 saturated heterocycles. The molecule has 1 unspecified atom stereocenters. The van der Waals surface area contributed by atoms with Gasteiger partial charge in [0.2, 0.25) is 0 Å². The molecule has 14 heavy (non-hydrogen) atoms. The van der Waals surface area contributed by atoms with Crippen LogP contribution in [0.5, 0.6) is 0 Å². The smallest absolute Gasteiger partial charge is 0.194 e. The molecule has 2 nitrogen and oxygen atoms in total. The summed E-state index contributed by atoms with van der Waals surface area (Å²) in [4.78, 5) is 11.8. The Morgan fingerprint density at radius 1 is 1.43 bits per heavy atom. The van der Waals surface area contributed by atoms with E-state index in [4.69, 9.17) is 0 Å². The highest BCUT2D eigenvalue weighted by molar-refractivity contribution is 7.98. The van der Waals surface area contributed by atoms with Crippen molar-refractivity contribution in [3.05, 3.63) is 35.9 Å². The van der Waals surface area contributed by atoms with Gasteiger partial charge in [-0.1, -0.05) is 30.3 Å². The van der Waals surface area contributed by atoms with E-state index in [1.165, 1.54) is 11.8 Å². The lowest BCUT2D eigenvalue weighted by Crippen LogP contribution is -2.37. The molecule has 0 aliphatic carbocycles. The van der Waals surface area contributed by atoms with Crippen molar-refractivity contribution in [2.24, 2.45) is 0 Å². The van der Waals surface area contributed by atoms with Crippen LogP contribution >= 0.6 is 11.8 Å². The monoisotopic (exact) mass is 210 g/mol. The first-order chi connectivity index (χ1) is 6.58. The van der Waals surface area contributed by atoms with Gasteiger partial charge >= 0.3 is 0 Å². The number of aliphatic hydroxyl groups is 1. The Morgan fingerprint density at radius 2 is 2.00 bits per heavy atom. The van der Waals surface area contributed by atoms with Crippen molar-refractivity contribution >= 4 is 17.5 Å². The molecule has 1 atom stereocenters. The number of rotatable bonds is 4. The standard InChI is InChI=1S/C11H14O2S/c1-11(13,8-14-2)10(12)9-6-4-3-5-7-9/h3-7,13H,8H2,1-2H3. The van der Waals surface area contributed by atoms with Crippen LogP contribution in [0, 0.1) is 0 Å². The molecule has 0 amide bonds. The highest BCUT2D eigenvalue weighted by atomic mass is 32.2. The predicted molar refractivity (Wildman–Crippen MR) is 59.8 cm³/mol. The lowest BCUT2D eigenvalue weighted by atomic mass is 9.97. The normalized spacial score (nSPS) is 14.8. The van der Waals surface area contributed by atoms with Gasteiger partial charge in [-0.3, -0.25) is 4.79 Å². The van der Waals surface area contributed by atoms with E-state index in [9.17, 15) is 9.90 Å². The van der Waals surface area contributed by atoms with Crippen molar-refractivity contribution in [3.63, 3.8) is 0 Å². The Labute approximate surface area is 88.3 Å². The van der Waals surface area contributed by atoms with E-state index in [1.54, 1.807) is 31.2 Å². The van der Waals surface area contributed by atoms with Crippen LogP contribution in [-0.2, 0) is 0 Å². The molecule has 1 aromatic rings. The maximum Gasteiger partial charge on any atom is 0.194 e. The molecule has 0 heterocycles. The first-order valence-electron chi connectivity index (χ1n) is 4.39. The van der Waals surface area contributed by atoms with Crippen molar-refractivity contribution in [1.29, 1.82) is 0 Å². The Hall–Kier alpha value is -0.800. The average molecular weight is 210 g/mol. The minimum Gasteiger partial charge on any atom is -0.381 e. The van der Waals surface area contributed by atoms with Crippen molar-refractivity contribution in [2.45, 2.75) is 12.5 Å². The SMILES string of the molecule is CSCC(C)(O)C(=O)c1ccccc1. The number of carbonyl (C=O) groups excluding carboxylic acids is 1. The number of Topliss-reactive ketones (excluding diaryl/α,β-unsaturated/α-hetero) is 1. The van der Waals surface area contributed by atoms with Gasteiger partial charge in [-0.15, -0.1) is 0 Å². The zero-order valence-corrected chi connectivity index (χ0v) is 9.17. The van der Waals surface area contributed by atoms with Crippen LogP contribution in [0.4, 0.5) is 0 Å². The van der Waals surface area contributed by atoms with E-state index in [2.05, 4.69) is 0 Å². The van der Waals surface area contributed by atoms with Crippen LogP contribution in [0.3, 0.4) is 0 Å². The molecule has 0 bridgehead atoms. The van der Waals surface area contributed by atoms with Gasteiger partial charge in [0, 0.05) is 11.3 Å². The minimum atomic E-state index is -1.26. The second-order valence-corrected chi connectivity index (χ2v) is 4.27. The van der Waals surface area contributed by atoms with E-state index in [1.807, 2.05) is 12.3 Å². The first kappa shape index (κ1) is 11.3. The molecule has 76 valence electrons. The fraction of sp³-hybridized carbons (Fsp3) is 0.364. The van der Waals surface area contributed by atoms with E-state index in [-0.39, 0.29) is 5.78 Å². The zero-order valence-electron chi connectivity index (χ0n) is 8.36. The Kier molecular flexibility index (Phi) is 3.72. The Balaban J connectivity index is 2.85. The summed E-state index contributed by atoms with van der Waals surface area (Å²) < 4.78 is 0. The number of thioether (sulfide) groups is 1. The molecule has 0 aliphatic rings. The number of benzene rings is 1. The van der Waals surface area contributed by atoms with Crippen molar-refractivity contribution in [1.82, 2.24) is 0 Å². The molecule has 1 rings (SSSR count). The zero-order chi connectivity index (χ0) is 10.6. The third-order valence-corrected chi connectivity index (χ3v) is 2.80. The number of carbonyl (C=O) groups is 1. The minimum absolute atomic E-state index is 0.215. The van der Waals surface area contributed by atoms with Gasteiger partial charge in [0.1, 0.15) is 5.60 Å². The summed E-state index contributed by atoms with van der Waals surface area (Å²) in [6.45, 7) is 1.55. The molecule has 0 aliphatic heterocycles. The van der Waals surface area contributed by atoms with Crippen molar-refractivity contribution in [2.75, 3.05) is 12.0 Å². The largest absolute Gasteiger partial charge is 0.381 e. The molecule has 0 spiro atoms. The second-order valence-electron chi connectivity index (χ2n) is 3.40. The molecule has 3 heteroatoms. The lowest BCUT2D eigenvalue weighted by molar-refractivity contribution is 0.0507. The fourth-order valence-electron chi connectivity index (χ4n) is 1.25. The summed E-state index contributed by atoms with van der Waals surface area (Å²) in [7, 11) is 0. The van der Waals surface area contributed by atoms with Gasteiger partial charge in [0.05, 0.1) is 0 Å². The van der Waals surface area contributed by atoms with Crippen LogP contribution in [0.1, 0.15) is 17.3 Å². The van der Waals surface area contributed by atoms with Crippen LogP contribution in [-0.4, -0.2) is 28.5 Å². The second kappa shape index (κ2) is 4.62. The number of hydrogen-bond donors (Lipinski definition) is 1. The summed E-state index contributed by atoms with van der Waals surface area (Å²) in [6.07, 6.45) is 1.87. The molecule has 0 fully saturated rings. The quantitative estimate of drug-likeness (QED) is 0.772. The van der Waals surface area contributed by atoms with Crippen LogP contribution in [0.25, 0.3) is 0 Å². The maximum atomic E-state index is 11.8. The highest BCUT2D eigenvalue weighted by Crippen LogP contribution is 2.17. The summed E-state index contributed by atoms with van der Waals surface area (Å²) in [5.41, 5.74) is -0.702. The van der Waals surface area contributed by atoms with E-state index >= 15 is 0 Å². The van der Waals surface area contributed by atoms with Gasteiger partial charge < -0.3 is 5.11 Å². The average Bonchev–Trinajstić information content (AvgIpc) is 2.18. The molecule has 1 aromatic carbocycles. The molecular formula is C11H14O2S. The van der Waals surface area contributed by atoms with Crippen LogP contribution in [0.15, 0.2) is 30.3 Å². The predicted octanol–water partition coefficient (Wildman–Crippen LogP) is 1.98. The summed E-state index contributed by atoms with van der Waals surface area (Å²) >= 11 is 1.46. The number of ketones is 1. The molecule has 1 N–H and O–H groups in total. The van der Waals surface area contributed by atoms with Gasteiger partial charge in [0.15, 0.2) is 5.78 Å². The molecule has 0 saturated carbocycles. The molecule has 0 radical (unpaired) electrons. The van der Waals surface area contributed by atoms with E-state index in [0.29, 0.717) is 11.3 Å². The fourth-order valence-corrected chi connectivity index (χ4v) is 1.94. The molecule has 0 aromatic heterocycles. The van der Waals surface area contributed by atoms with Crippen molar-refractivity contribution in [3.8, 4) is 0 Å². The molecular weight excluding hydrogens is 196 g/mol. The third-order valence-electron chi connectivity index (χ3n) is 1.95. The third kappa shape index (κ3) is 2.59. The highest BCUT2D eigenvalue weighted by Gasteiger charge is 2.30. The summed E-state index contributed by atoms with van der Waals surface area (Å²) in [5, 5.41) is 9.87. The lowest BCUT2D eigenvalue weighted by Gasteiger charge is -2.20. The number of hydrogen-bond acceptors (Lipinski definition) is 3. The van der Waals surface area contributed by atoms with Crippen molar-refractivity contribution < 1.29 is 9.90 Å². The first-order valence-corrected chi connectivity index (χ1v) is 5.78. The van der Waals surface area contributed by atoms with Crippen LogP contribution < -0.4 is 0 Å². The Bertz CT molecular complexity index is 306. The van der Waals surface area contributed by atoms with Gasteiger partial charge in [0.25, 0.3) is 0 Å².